The molecule has 2 unspecified atom stereocenters. The van der Waals surface area contributed by atoms with Crippen LogP contribution in [0.15, 0.2) is 28.7 Å². The summed E-state index contributed by atoms with van der Waals surface area (Å²) >= 11 is 3.44. The van der Waals surface area contributed by atoms with Crippen molar-refractivity contribution < 1.29 is 9.47 Å². The van der Waals surface area contributed by atoms with Crippen molar-refractivity contribution in [2.45, 2.75) is 39.2 Å². The lowest BCUT2D eigenvalue weighted by atomic mass is 9.78. The van der Waals surface area contributed by atoms with Gasteiger partial charge in [-0.1, -0.05) is 22.9 Å². The number of halogens is 1. The number of nitrogens with one attached hydrogen (secondary N) is 1. The second-order valence-electron chi connectivity index (χ2n) is 5.85. The Bertz CT molecular complexity index is 423. The molecule has 0 aromatic heterocycles. The fourth-order valence-corrected chi connectivity index (χ4v) is 3.15. The van der Waals surface area contributed by atoms with Crippen LogP contribution in [-0.2, 0) is 4.74 Å². The van der Waals surface area contributed by atoms with E-state index in [-0.39, 0.29) is 5.41 Å². The topological polar surface area (TPSA) is 30.5 Å². The van der Waals surface area contributed by atoms with Crippen molar-refractivity contribution in [3.63, 3.8) is 0 Å². The Hall–Kier alpha value is -0.580. The predicted octanol–water partition coefficient (Wildman–Crippen LogP) is 4.01. The molecule has 0 bridgehead atoms. The molecule has 0 radical (unpaired) electrons. The van der Waals surface area contributed by atoms with Gasteiger partial charge in [0, 0.05) is 23.0 Å². The second-order valence-corrected chi connectivity index (χ2v) is 6.77. The summed E-state index contributed by atoms with van der Waals surface area (Å²) in [6.07, 6.45) is 3.62. The highest BCUT2D eigenvalue weighted by Gasteiger charge is 2.40. The molecule has 0 amide bonds. The Morgan fingerprint density at radius 1 is 1.38 bits per heavy atom. The molecule has 4 heteroatoms. The fourth-order valence-electron chi connectivity index (χ4n) is 2.88. The Morgan fingerprint density at radius 2 is 2.14 bits per heavy atom. The molecule has 0 spiro atoms. The van der Waals surface area contributed by atoms with E-state index in [4.69, 9.17) is 9.47 Å². The highest BCUT2D eigenvalue weighted by molar-refractivity contribution is 9.10. The summed E-state index contributed by atoms with van der Waals surface area (Å²) in [7, 11) is 0. The molecule has 1 aliphatic heterocycles. The molecule has 3 nitrogen and oxygen atoms in total. The van der Waals surface area contributed by atoms with Gasteiger partial charge in [-0.05, 0) is 57.0 Å². The maximum Gasteiger partial charge on any atom is 0.119 e. The molecule has 2 rings (SSSR count). The van der Waals surface area contributed by atoms with Crippen molar-refractivity contribution in [1.82, 2.24) is 5.32 Å². The summed E-state index contributed by atoms with van der Waals surface area (Å²) in [5.74, 6) is 0.932. The normalized spacial score (nSPS) is 25.2. The third kappa shape index (κ3) is 4.70. The molecule has 1 aliphatic rings. The lowest BCUT2D eigenvalue weighted by Crippen LogP contribution is -2.41. The Labute approximate surface area is 136 Å². The van der Waals surface area contributed by atoms with Crippen molar-refractivity contribution in [2.75, 3.05) is 26.3 Å². The van der Waals surface area contributed by atoms with Gasteiger partial charge in [-0.25, -0.2) is 0 Å². The van der Waals surface area contributed by atoms with E-state index in [9.17, 15) is 0 Å². The molecule has 1 aromatic rings. The monoisotopic (exact) mass is 355 g/mol. The van der Waals surface area contributed by atoms with Crippen LogP contribution in [0, 0.1) is 5.41 Å². The molecule has 0 aliphatic carbocycles. The van der Waals surface area contributed by atoms with Gasteiger partial charge in [-0.3, -0.25) is 0 Å². The lowest BCUT2D eigenvalue weighted by Gasteiger charge is -2.32. The van der Waals surface area contributed by atoms with Crippen molar-refractivity contribution in [3.8, 4) is 5.75 Å². The minimum absolute atomic E-state index is 0.213. The van der Waals surface area contributed by atoms with Crippen LogP contribution >= 0.6 is 15.9 Å². The average Bonchev–Trinajstić information content (AvgIpc) is 2.83. The summed E-state index contributed by atoms with van der Waals surface area (Å²) in [4.78, 5) is 0. The van der Waals surface area contributed by atoms with E-state index in [1.54, 1.807) is 0 Å². The first-order valence-electron chi connectivity index (χ1n) is 7.87. The SMILES string of the molecule is CCCNCC1(CCOc2ccc(Br)cc2)CCOC1C. The third-order valence-electron chi connectivity index (χ3n) is 4.42. The molecular weight excluding hydrogens is 330 g/mol. The van der Waals surface area contributed by atoms with Crippen molar-refractivity contribution in [3.05, 3.63) is 28.7 Å². The molecule has 1 heterocycles. The van der Waals surface area contributed by atoms with E-state index in [2.05, 4.69) is 35.1 Å². The first-order valence-corrected chi connectivity index (χ1v) is 8.66. The van der Waals surface area contributed by atoms with Gasteiger partial charge < -0.3 is 14.8 Å². The molecule has 1 aromatic carbocycles. The van der Waals surface area contributed by atoms with E-state index < -0.39 is 0 Å². The Morgan fingerprint density at radius 3 is 2.76 bits per heavy atom. The molecule has 21 heavy (non-hydrogen) atoms. The van der Waals surface area contributed by atoms with Crippen LogP contribution in [0.3, 0.4) is 0 Å². The van der Waals surface area contributed by atoms with E-state index >= 15 is 0 Å². The third-order valence-corrected chi connectivity index (χ3v) is 4.95. The van der Waals surface area contributed by atoms with Crippen molar-refractivity contribution in [2.24, 2.45) is 5.41 Å². The van der Waals surface area contributed by atoms with Crippen LogP contribution in [0.5, 0.6) is 5.75 Å². The largest absolute Gasteiger partial charge is 0.494 e. The molecule has 118 valence electrons. The molecule has 2 atom stereocenters. The second kappa shape index (κ2) is 8.16. The molecule has 0 saturated carbocycles. The number of rotatable bonds is 8. The van der Waals surface area contributed by atoms with Crippen molar-refractivity contribution in [1.29, 1.82) is 0 Å². The van der Waals surface area contributed by atoms with Gasteiger partial charge in [-0.15, -0.1) is 0 Å². The zero-order valence-corrected chi connectivity index (χ0v) is 14.6. The summed E-state index contributed by atoms with van der Waals surface area (Å²) < 4.78 is 12.8. The maximum atomic E-state index is 5.90. The lowest BCUT2D eigenvalue weighted by molar-refractivity contribution is 0.0505. The maximum absolute atomic E-state index is 5.90. The smallest absolute Gasteiger partial charge is 0.119 e. The summed E-state index contributed by atoms with van der Waals surface area (Å²) in [6, 6.07) is 8.02. The fraction of sp³-hybridized carbons (Fsp3) is 0.647. The minimum Gasteiger partial charge on any atom is -0.494 e. The molecule has 1 N–H and O–H groups in total. The van der Waals surface area contributed by atoms with Gasteiger partial charge in [-0.2, -0.15) is 0 Å². The number of ether oxygens (including phenoxy) is 2. The first-order chi connectivity index (χ1) is 10.2. The van der Waals surface area contributed by atoms with Crippen LogP contribution < -0.4 is 10.1 Å². The number of hydrogen-bond donors (Lipinski definition) is 1. The zero-order valence-electron chi connectivity index (χ0n) is 13.0. The van der Waals surface area contributed by atoms with Gasteiger partial charge in [0.1, 0.15) is 5.75 Å². The van der Waals surface area contributed by atoms with Gasteiger partial charge in [0.05, 0.1) is 12.7 Å². The standard InChI is InChI=1S/C17H26BrNO2/c1-3-10-19-13-17(8-11-20-14(17)2)9-12-21-16-6-4-15(18)5-7-16/h4-7,14,19H,3,8-13H2,1-2H3. The molecule has 1 fully saturated rings. The van der Waals surface area contributed by atoms with Gasteiger partial charge >= 0.3 is 0 Å². The average molecular weight is 356 g/mol. The van der Waals surface area contributed by atoms with Crippen LogP contribution in [0.25, 0.3) is 0 Å². The Balaban J connectivity index is 1.85. The molecular formula is C17H26BrNO2. The quantitative estimate of drug-likeness (QED) is 0.714. The number of hydrogen-bond acceptors (Lipinski definition) is 3. The van der Waals surface area contributed by atoms with Crippen LogP contribution in [0.2, 0.25) is 0 Å². The zero-order chi connectivity index (χ0) is 15.1. The van der Waals surface area contributed by atoms with Crippen LogP contribution in [0.1, 0.15) is 33.1 Å². The highest BCUT2D eigenvalue weighted by Crippen LogP contribution is 2.37. The van der Waals surface area contributed by atoms with Crippen LogP contribution in [-0.4, -0.2) is 32.4 Å². The Kier molecular flexibility index (Phi) is 6.52. The number of benzene rings is 1. The highest BCUT2D eigenvalue weighted by atomic mass is 79.9. The van der Waals surface area contributed by atoms with E-state index in [0.29, 0.717) is 6.10 Å². The van der Waals surface area contributed by atoms with Gasteiger partial charge in [0.15, 0.2) is 0 Å². The van der Waals surface area contributed by atoms with Gasteiger partial charge in [0.2, 0.25) is 0 Å². The summed E-state index contributed by atoms with van der Waals surface area (Å²) in [5.41, 5.74) is 0.213. The molecule has 1 saturated heterocycles. The van der Waals surface area contributed by atoms with E-state index in [1.807, 2.05) is 24.3 Å². The van der Waals surface area contributed by atoms with Crippen LogP contribution in [0.4, 0.5) is 0 Å². The van der Waals surface area contributed by atoms with E-state index in [0.717, 1.165) is 49.4 Å². The first kappa shape index (κ1) is 16.8. The minimum atomic E-state index is 0.213. The summed E-state index contributed by atoms with van der Waals surface area (Å²) in [6.45, 7) is 8.09. The van der Waals surface area contributed by atoms with Crippen molar-refractivity contribution >= 4 is 15.9 Å². The van der Waals surface area contributed by atoms with Gasteiger partial charge in [0.25, 0.3) is 0 Å². The summed E-state index contributed by atoms with van der Waals surface area (Å²) in [5, 5.41) is 3.56. The van der Waals surface area contributed by atoms with E-state index in [1.165, 1.54) is 6.42 Å². The predicted molar refractivity (Wildman–Crippen MR) is 89.9 cm³/mol.